The summed E-state index contributed by atoms with van der Waals surface area (Å²) < 4.78 is 32.4. The second kappa shape index (κ2) is 26.5. The van der Waals surface area contributed by atoms with E-state index in [9.17, 15) is 53.1 Å². The Bertz CT molecular complexity index is 3010. The van der Waals surface area contributed by atoms with Crippen LogP contribution in [0.4, 0.5) is 9.59 Å². The highest BCUT2D eigenvalue weighted by Gasteiger charge is 2.57. The number of aliphatic hydroxyl groups excluding tert-OH is 1. The summed E-state index contributed by atoms with van der Waals surface area (Å²) in [5.41, 5.74) is 3.57. The summed E-state index contributed by atoms with van der Waals surface area (Å²) in [6.45, 7) is 2.39. The first-order valence-electron chi connectivity index (χ1n) is 27.7. The molecule has 2 aromatic rings. The molecule has 32 heteroatoms. The fourth-order valence-electron chi connectivity index (χ4n) is 11.0. The van der Waals surface area contributed by atoms with Crippen molar-refractivity contribution in [3.63, 3.8) is 0 Å². The Hall–Kier alpha value is -8.26. The van der Waals surface area contributed by atoms with Crippen LogP contribution in [0.5, 0.6) is 5.75 Å². The lowest BCUT2D eigenvalue weighted by Crippen LogP contribution is -2.68. The smallest absolute Gasteiger partial charge is 0.465 e. The lowest BCUT2D eigenvalue weighted by Gasteiger charge is -2.45. The van der Waals surface area contributed by atoms with Crippen LogP contribution in [-0.4, -0.2) is 194 Å². The molecular weight excluding hydrogens is 1130 g/mol. The number of hydrogen-bond acceptors (Lipinski definition) is 20. The van der Waals surface area contributed by atoms with E-state index in [0.29, 0.717) is 17.9 Å². The number of aromatic amines is 1. The summed E-state index contributed by atoms with van der Waals surface area (Å²) in [6.07, 6.45) is -6.01. The molecule has 1 aromatic carbocycles. The highest BCUT2D eigenvalue weighted by atomic mass is 32.2. The van der Waals surface area contributed by atoms with Crippen molar-refractivity contribution in [1.29, 1.82) is 0 Å². The minimum absolute atomic E-state index is 0.00184. The van der Waals surface area contributed by atoms with Gasteiger partial charge >= 0.3 is 12.2 Å². The summed E-state index contributed by atoms with van der Waals surface area (Å²) in [5, 5.41) is 32.5. The number of nitrogens with one attached hydrogen (secondary N) is 9. The number of amides is 11. The van der Waals surface area contributed by atoms with Crippen LogP contribution in [0.25, 0.3) is 10.9 Å². The van der Waals surface area contributed by atoms with Crippen molar-refractivity contribution < 1.29 is 90.7 Å². The van der Waals surface area contributed by atoms with Crippen molar-refractivity contribution in [3.05, 3.63) is 23.8 Å². The molecule has 7 aliphatic rings. The maximum Gasteiger partial charge on any atom is 0.508 e. The van der Waals surface area contributed by atoms with Gasteiger partial charge in [0.2, 0.25) is 58.8 Å². The molecule has 12 atom stereocenters. The van der Waals surface area contributed by atoms with Crippen LogP contribution < -0.4 is 53.0 Å². The topological polar surface area (TPSA) is 441 Å². The number of ether oxygens (including phenoxy) is 3. The van der Waals surface area contributed by atoms with Gasteiger partial charge in [0.05, 0.1) is 53.7 Å². The Morgan fingerprint density at radius 1 is 0.845 bits per heavy atom. The number of ketones is 1. The number of rotatable bonds is 14. The molecular formula is C52H68N12O19S. The molecule has 3 fully saturated rings. The molecule has 0 saturated carbocycles. The Balaban J connectivity index is 1.28. The van der Waals surface area contributed by atoms with Gasteiger partial charge in [-0.05, 0) is 42.9 Å². The second-order valence-corrected chi connectivity index (χ2v) is 23.0. The van der Waals surface area contributed by atoms with E-state index >= 15 is 18.6 Å². The third-order valence-corrected chi connectivity index (χ3v) is 17.1. The average molecular weight is 1200 g/mol. The van der Waals surface area contributed by atoms with E-state index in [1.807, 2.05) is 0 Å². The monoisotopic (exact) mass is 1200 g/mol. The lowest BCUT2D eigenvalue weighted by molar-refractivity contribution is -0.171. The molecule has 6 unspecified atom stereocenters. The summed E-state index contributed by atoms with van der Waals surface area (Å²) in [7, 11) is -2.40. The maximum atomic E-state index is 16.1. The van der Waals surface area contributed by atoms with Crippen LogP contribution >= 0.6 is 0 Å². The van der Waals surface area contributed by atoms with Crippen LogP contribution in [0.15, 0.2) is 23.2 Å². The van der Waals surface area contributed by atoms with Gasteiger partial charge in [-0.25, -0.2) is 14.5 Å². The fraction of sp³-hybridized carbons (Fsp3) is 0.596. The Labute approximate surface area is 481 Å². The minimum Gasteiger partial charge on any atom is -0.465 e. The number of cyclic esters (lactones) is 2. The number of primary amides is 1. The normalized spacial score (nSPS) is 29.1. The number of fused-ring (bicyclic) bond motifs is 7. The predicted molar refractivity (Wildman–Crippen MR) is 286 cm³/mol. The first kappa shape index (κ1) is 61.8. The van der Waals surface area contributed by atoms with Crippen LogP contribution in [0.1, 0.15) is 90.5 Å². The molecule has 456 valence electrons. The van der Waals surface area contributed by atoms with Gasteiger partial charge in [0.25, 0.3) is 11.8 Å². The number of benzene rings is 1. The van der Waals surface area contributed by atoms with E-state index < -0.39 is 199 Å². The van der Waals surface area contributed by atoms with Gasteiger partial charge in [-0.2, -0.15) is 0 Å². The number of imide groups is 1. The van der Waals surface area contributed by atoms with Crippen LogP contribution in [0.2, 0.25) is 0 Å². The average Bonchev–Trinajstić information content (AvgIpc) is 1.91. The number of hydroxylamine groups is 2. The van der Waals surface area contributed by atoms with E-state index in [1.54, 1.807) is 13.8 Å². The number of carbonyl (C=O) groups excluding carboxylic acids is 13. The quantitative estimate of drug-likeness (QED) is 0.0495. The number of nitrogens with zero attached hydrogens (tertiary/aromatic N) is 2. The fourth-order valence-corrected chi connectivity index (χ4v) is 12.4. The van der Waals surface area contributed by atoms with E-state index in [0.717, 1.165) is 0 Å². The molecule has 9 rings (SSSR count). The molecule has 31 nitrogen and oxygen atoms in total. The molecule has 1 aromatic heterocycles. The van der Waals surface area contributed by atoms with Gasteiger partial charge < -0.3 is 77.4 Å². The minimum atomic E-state index is -2.49. The standard InChI is InChI=1S/C52H68N12O19S/c1-4-24(2)41-47(75)56-19-37(67)57-33-23-84(79)49-29-17-32(44(72)55-20-38(68)61-41)59-48(76)42(25(3)35-22-80-51(78)81-35)62-46(74)34-15-26(65)21-63(34)52(43(71)31(18-36(53)66)58-45(33)73,82-27-9-10-28(29)30(16-27)60-49)13-7-5-6-8-14-54-50(77)83-64-39(69)11-12-40(64)70/h9-10,16,24-26,31-35,41-42,60,65H,4-8,11-15,17-23H2,1-3H3,(H2,53,66)(H,54,77)(H,55,72)(H,56,75)(H,57,67)(H,58,73)(H,59,76)(H,61,68)(H,62,74)/t24-,25-,26?,31-,32?,33?,34-,35?,41-,42-,52?,84?/m0/s1. The van der Waals surface area contributed by atoms with E-state index in [4.69, 9.17) is 24.8 Å². The predicted octanol–water partition coefficient (Wildman–Crippen LogP) is -3.57. The van der Waals surface area contributed by atoms with Gasteiger partial charge in [0.1, 0.15) is 53.7 Å². The van der Waals surface area contributed by atoms with Crippen molar-refractivity contribution in [2.75, 3.05) is 38.5 Å². The molecule has 0 radical (unpaired) electrons. The van der Waals surface area contributed by atoms with Crippen molar-refractivity contribution in [2.24, 2.45) is 17.6 Å². The largest absolute Gasteiger partial charge is 0.508 e. The second-order valence-electron chi connectivity index (χ2n) is 21.6. The van der Waals surface area contributed by atoms with Crippen molar-refractivity contribution >= 4 is 98.8 Å². The van der Waals surface area contributed by atoms with Crippen molar-refractivity contribution in [1.82, 2.24) is 57.5 Å². The zero-order chi connectivity index (χ0) is 60.7. The maximum absolute atomic E-state index is 16.1. The number of nitrogens with two attached hydrogens (primary N) is 1. The number of unbranched alkanes of at least 4 members (excludes halogenated alkanes) is 3. The molecule has 0 aliphatic carbocycles. The summed E-state index contributed by atoms with van der Waals surface area (Å²) in [6, 6.07) is -5.83. The molecule has 8 heterocycles. The van der Waals surface area contributed by atoms with E-state index in [-0.39, 0.29) is 78.9 Å². The molecule has 84 heavy (non-hydrogen) atoms. The van der Waals surface area contributed by atoms with Crippen LogP contribution in [0.3, 0.4) is 0 Å². The van der Waals surface area contributed by atoms with Crippen LogP contribution in [-0.2, 0) is 84.3 Å². The SMILES string of the molecule is CC[C@H](C)[C@@H]1NC(=O)CNC(=O)C2Cc3c4[nH]c5cc(ccc35)OC(CCCCCCNC(=O)ON3C(=O)CCC3=O)(C(=O)[C@H](CC(N)=O)NC(=O)C(CS4=O)NC(=O)CNC1=O)N1CC(O)C[C@H]1C(=O)N[C@@H]([C@@H](C)C1COC(=O)O1)C(=O)N2. The third kappa shape index (κ3) is 14.0. The summed E-state index contributed by atoms with van der Waals surface area (Å²) in [4.78, 5) is 188. The van der Waals surface area contributed by atoms with Gasteiger partial charge in [-0.3, -0.25) is 56.9 Å². The third-order valence-electron chi connectivity index (χ3n) is 15.7. The number of aromatic nitrogens is 1. The van der Waals surface area contributed by atoms with Gasteiger partial charge in [-0.1, -0.05) is 40.0 Å². The van der Waals surface area contributed by atoms with Crippen molar-refractivity contribution in [3.8, 4) is 5.75 Å². The zero-order valence-electron chi connectivity index (χ0n) is 46.2. The van der Waals surface area contributed by atoms with Gasteiger partial charge in [0.15, 0.2) is 0 Å². The molecule has 12 N–H and O–H groups in total. The number of aliphatic hydroxyl groups is 1. The molecule has 8 bridgehead atoms. The summed E-state index contributed by atoms with van der Waals surface area (Å²) >= 11 is 0. The molecule has 0 spiro atoms. The Kier molecular flexibility index (Phi) is 19.5. The molecule has 7 aliphatic heterocycles. The highest BCUT2D eigenvalue weighted by Crippen LogP contribution is 2.39. The van der Waals surface area contributed by atoms with E-state index in [1.165, 1.54) is 30.0 Å². The first-order valence-corrected chi connectivity index (χ1v) is 29.0. The number of Topliss-reactive ketones (excluding diaryl/α,β-unsaturated/α-hetero) is 1. The first-order chi connectivity index (χ1) is 40.0. The van der Waals surface area contributed by atoms with Crippen molar-refractivity contribution in [2.45, 2.75) is 151 Å². The molecule has 11 amide bonds. The number of H-pyrrole nitrogens is 1. The van der Waals surface area contributed by atoms with Gasteiger partial charge in [0, 0.05) is 56.1 Å². The van der Waals surface area contributed by atoms with Gasteiger partial charge in [-0.15, -0.1) is 5.06 Å². The molecule has 3 saturated heterocycles. The van der Waals surface area contributed by atoms with Crippen LogP contribution in [0, 0.1) is 11.8 Å². The number of hydrogen-bond donors (Lipinski definition) is 11. The summed E-state index contributed by atoms with van der Waals surface area (Å²) in [5.74, 6) is -13.1. The lowest BCUT2D eigenvalue weighted by atomic mass is 9.89. The Morgan fingerprint density at radius 3 is 2.24 bits per heavy atom. The Morgan fingerprint density at radius 2 is 1.55 bits per heavy atom. The highest BCUT2D eigenvalue weighted by molar-refractivity contribution is 7.85. The van der Waals surface area contributed by atoms with E-state index in [2.05, 4.69) is 47.5 Å². The zero-order valence-corrected chi connectivity index (χ0v) is 47.0. The number of carbonyl (C=O) groups is 13.